The molecule has 2 heteroatoms. The zero-order valence-electron chi connectivity index (χ0n) is 11.5. The third-order valence-corrected chi connectivity index (χ3v) is 3.65. The van der Waals surface area contributed by atoms with Crippen molar-refractivity contribution in [2.24, 2.45) is 0 Å². The molecule has 0 bridgehead atoms. The van der Waals surface area contributed by atoms with Crippen LogP contribution in [0, 0.1) is 0 Å². The lowest BCUT2D eigenvalue weighted by Gasteiger charge is -2.31. The smallest absolute Gasteiger partial charge is 0.0726 e. The number of hydrogen-bond acceptors (Lipinski definition) is 2. The Balaban J connectivity index is 1.89. The Morgan fingerprint density at radius 3 is 2.65 bits per heavy atom. The third-order valence-electron chi connectivity index (χ3n) is 3.65. The first kappa shape index (κ1) is 12.5. The van der Waals surface area contributed by atoms with Crippen molar-refractivity contribution in [3.05, 3.63) is 83.6 Å². The molecule has 0 amide bonds. The van der Waals surface area contributed by atoms with Gasteiger partial charge in [-0.1, -0.05) is 48.6 Å². The highest BCUT2D eigenvalue weighted by Gasteiger charge is 2.19. The second kappa shape index (κ2) is 5.25. The minimum Gasteiger partial charge on any atom is -0.399 e. The summed E-state index contributed by atoms with van der Waals surface area (Å²) in [4.78, 5) is 2.22. The van der Waals surface area contributed by atoms with Crippen LogP contribution in [0.2, 0.25) is 0 Å². The van der Waals surface area contributed by atoms with E-state index >= 15 is 0 Å². The fourth-order valence-electron chi connectivity index (χ4n) is 2.48. The normalized spacial score (nSPS) is 20.9. The molecule has 1 aromatic carbocycles. The molecule has 0 radical (unpaired) electrons. The highest BCUT2D eigenvalue weighted by Crippen LogP contribution is 2.26. The van der Waals surface area contributed by atoms with Crippen LogP contribution in [-0.4, -0.2) is 18.0 Å². The van der Waals surface area contributed by atoms with Crippen LogP contribution in [0.25, 0.3) is 6.08 Å². The molecule has 1 heterocycles. The van der Waals surface area contributed by atoms with E-state index in [9.17, 15) is 0 Å². The molecule has 2 nitrogen and oxygen atoms in total. The molecule has 20 heavy (non-hydrogen) atoms. The molecule has 0 saturated heterocycles. The lowest BCUT2D eigenvalue weighted by atomic mass is 9.92. The fourth-order valence-corrected chi connectivity index (χ4v) is 2.48. The van der Waals surface area contributed by atoms with E-state index in [0.717, 1.165) is 11.3 Å². The van der Waals surface area contributed by atoms with Gasteiger partial charge in [0.2, 0.25) is 0 Å². The first-order valence-corrected chi connectivity index (χ1v) is 6.77. The summed E-state index contributed by atoms with van der Waals surface area (Å²) in [5.74, 6) is 0. The molecule has 0 spiro atoms. The molecule has 1 unspecified atom stereocenters. The number of anilines is 1. The number of hydrogen-bond donors (Lipinski definition) is 1. The molecule has 0 aromatic heterocycles. The van der Waals surface area contributed by atoms with Gasteiger partial charge in [0.1, 0.15) is 0 Å². The van der Waals surface area contributed by atoms with Crippen LogP contribution < -0.4 is 5.73 Å². The highest BCUT2D eigenvalue weighted by molar-refractivity contribution is 5.60. The van der Waals surface area contributed by atoms with E-state index in [1.165, 1.54) is 11.1 Å². The standard InChI is InChI=1S/C18H18N2/c1-20-13-12-15(17-4-2-3-5-18(17)20)9-6-14-7-10-16(19)11-8-14/h2-13,18H,19H2,1H3. The van der Waals surface area contributed by atoms with Gasteiger partial charge in [-0.05, 0) is 34.9 Å². The van der Waals surface area contributed by atoms with Gasteiger partial charge < -0.3 is 10.6 Å². The van der Waals surface area contributed by atoms with Gasteiger partial charge >= 0.3 is 0 Å². The number of rotatable bonds is 2. The lowest BCUT2D eigenvalue weighted by Crippen LogP contribution is -2.30. The molecule has 2 N–H and O–H groups in total. The summed E-state index contributed by atoms with van der Waals surface area (Å²) >= 11 is 0. The van der Waals surface area contributed by atoms with Crippen molar-refractivity contribution in [1.29, 1.82) is 0 Å². The summed E-state index contributed by atoms with van der Waals surface area (Å²) in [6.07, 6.45) is 17.2. The summed E-state index contributed by atoms with van der Waals surface area (Å²) in [5.41, 5.74) is 10.2. The molecular weight excluding hydrogens is 244 g/mol. The van der Waals surface area contributed by atoms with E-state index < -0.39 is 0 Å². The van der Waals surface area contributed by atoms with Gasteiger partial charge in [-0.15, -0.1) is 0 Å². The largest absolute Gasteiger partial charge is 0.399 e. The molecule has 1 aliphatic heterocycles. The van der Waals surface area contributed by atoms with Crippen molar-refractivity contribution >= 4 is 11.8 Å². The Bertz CT molecular complexity index is 643. The van der Waals surface area contributed by atoms with Crippen molar-refractivity contribution in [3.8, 4) is 0 Å². The van der Waals surface area contributed by atoms with Gasteiger partial charge in [0.15, 0.2) is 0 Å². The predicted octanol–water partition coefficient (Wildman–Crippen LogP) is 3.53. The summed E-state index contributed by atoms with van der Waals surface area (Å²) in [7, 11) is 2.10. The van der Waals surface area contributed by atoms with Crippen LogP contribution in [0.4, 0.5) is 5.69 Å². The average Bonchev–Trinajstić information content (AvgIpc) is 2.49. The number of nitrogen functional groups attached to an aromatic ring is 1. The molecule has 0 fully saturated rings. The van der Waals surface area contributed by atoms with Crippen LogP contribution in [0.1, 0.15) is 5.56 Å². The van der Waals surface area contributed by atoms with Crippen molar-refractivity contribution < 1.29 is 0 Å². The number of benzene rings is 1. The fraction of sp³-hybridized carbons (Fsp3) is 0.111. The van der Waals surface area contributed by atoms with Crippen LogP contribution in [0.15, 0.2) is 78.1 Å². The maximum absolute atomic E-state index is 5.70. The zero-order chi connectivity index (χ0) is 13.9. The van der Waals surface area contributed by atoms with Gasteiger partial charge in [0, 0.05) is 18.9 Å². The first-order valence-electron chi connectivity index (χ1n) is 6.77. The molecule has 0 saturated carbocycles. The van der Waals surface area contributed by atoms with Crippen molar-refractivity contribution in [1.82, 2.24) is 4.90 Å². The topological polar surface area (TPSA) is 29.3 Å². The van der Waals surface area contributed by atoms with Crippen molar-refractivity contribution in [2.75, 3.05) is 12.8 Å². The van der Waals surface area contributed by atoms with E-state index in [4.69, 9.17) is 5.73 Å². The number of nitrogens with zero attached hydrogens (tertiary/aromatic N) is 1. The van der Waals surface area contributed by atoms with Gasteiger partial charge in [-0.2, -0.15) is 0 Å². The second-order valence-electron chi connectivity index (χ2n) is 5.08. The van der Waals surface area contributed by atoms with Gasteiger partial charge in [-0.25, -0.2) is 0 Å². The predicted molar refractivity (Wildman–Crippen MR) is 85.9 cm³/mol. The van der Waals surface area contributed by atoms with Crippen molar-refractivity contribution in [3.63, 3.8) is 0 Å². The van der Waals surface area contributed by atoms with E-state index in [0.29, 0.717) is 6.04 Å². The molecule has 1 aliphatic carbocycles. The maximum Gasteiger partial charge on any atom is 0.0726 e. The highest BCUT2D eigenvalue weighted by atomic mass is 15.1. The van der Waals surface area contributed by atoms with Gasteiger partial charge in [0.05, 0.1) is 6.04 Å². The number of likely N-dealkylation sites (N-methyl/N-ethyl adjacent to an activating group) is 1. The van der Waals surface area contributed by atoms with Gasteiger partial charge in [-0.3, -0.25) is 0 Å². The Morgan fingerprint density at radius 1 is 1.05 bits per heavy atom. The van der Waals surface area contributed by atoms with Crippen LogP contribution in [-0.2, 0) is 0 Å². The van der Waals surface area contributed by atoms with E-state index in [-0.39, 0.29) is 0 Å². The van der Waals surface area contributed by atoms with Crippen molar-refractivity contribution in [2.45, 2.75) is 6.04 Å². The minimum atomic E-state index is 0.344. The summed E-state index contributed by atoms with van der Waals surface area (Å²) in [6.45, 7) is 0. The first-order chi connectivity index (χ1) is 9.74. The molecule has 2 aliphatic rings. The third kappa shape index (κ3) is 2.45. The minimum absolute atomic E-state index is 0.344. The Kier molecular flexibility index (Phi) is 3.30. The molecule has 3 rings (SSSR count). The Labute approximate surface area is 119 Å². The second-order valence-corrected chi connectivity index (χ2v) is 5.08. The number of fused-ring (bicyclic) bond motifs is 1. The molecule has 1 atom stereocenters. The van der Waals surface area contributed by atoms with E-state index in [1.807, 2.05) is 24.3 Å². The maximum atomic E-state index is 5.70. The number of nitrogens with two attached hydrogens (primary N) is 1. The zero-order valence-corrected chi connectivity index (χ0v) is 11.5. The Morgan fingerprint density at radius 2 is 1.85 bits per heavy atom. The SMILES string of the molecule is CN1C=CC(C=Cc2ccc(N)cc2)=C2C=CC=CC21. The van der Waals surface area contributed by atoms with Crippen LogP contribution in [0.5, 0.6) is 0 Å². The molecular formula is C18H18N2. The summed E-state index contributed by atoms with van der Waals surface area (Å²) in [6, 6.07) is 8.26. The Hall–Kier alpha value is -2.48. The van der Waals surface area contributed by atoms with Crippen LogP contribution in [0.3, 0.4) is 0 Å². The monoisotopic (exact) mass is 262 g/mol. The number of allylic oxidation sites excluding steroid dienone is 5. The summed E-state index contributed by atoms with van der Waals surface area (Å²) in [5, 5.41) is 0. The van der Waals surface area contributed by atoms with Crippen LogP contribution >= 0.6 is 0 Å². The average molecular weight is 262 g/mol. The lowest BCUT2D eigenvalue weighted by molar-refractivity contribution is 0.420. The molecule has 1 aromatic rings. The summed E-state index contributed by atoms with van der Waals surface area (Å²) < 4.78 is 0. The van der Waals surface area contributed by atoms with Gasteiger partial charge in [0.25, 0.3) is 0 Å². The van der Waals surface area contributed by atoms with E-state index in [2.05, 4.69) is 60.7 Å². The molecule has 100 valence electrons. The quantitative estimate of drug-likeness (QED) is 0.826. The van der Waals surface area contributed by atoms with E-state index in [1.54, 1.807) is 0 Å².